The van der Waals surface area contributed by atoms with E-state index in [0.717, 1.165) is 29.6 Å². The fraction of sp³-hybridized carbons (Fsp3) is 0.400. The van der Waals surface area contributed by atoms with Crippen LogP contribution in [0.1, 0.15) is 24.5 Å². The van der Waals surface area contributed by atoms with Gasteiger partial charge in [0.2, 0.25) is 5.91 Å². The Kier molecular flexibility index (Phi) is 4.57. The number of rotatable bonds is 4. The summed E-state index contributed by atoms with van der Waals surface area (Å²) in [4.78, 5) is 28.9. The Labute approximate surface area is 123 Å². The third-order valence-electron chi connectivity index (χ3n) is 3.48. The second-order valence-corrected chi connectivity index (χ2v) is 4.99. The first-order chi connectivity index (χ1) is 10.0. The molecule has 6 heteroatoms. The lowest BCUT2D eigenvalue weighted by molar-refractivity contribution is -0.131. The van der Waals surface area contributed by atoms with Crippen molar-refractivity contribution in [3.05, 3.63) is 29.5 Å². The number of nitrogens with one attached hydrogen (secondary N) is 1. The molecule has 1 amide bonds. The number of carbonyl (C=O) groups is 2. The van der Waals surface area contributed by atoms with Gasteiger partial charge < -0.3 is 15.3 Å². The highest BCUT2D eigenvalue weighted by Gasteiger charge is 2.29. The van der Waals surface area contributed by atoms with Crippen LogP contribution in [0.15, 0.2) is 18.3 Å². The normalized spacial score (nSPS) is 18.9. The largest absolute Gasteiger partial charge is 0.478 e. The molecule has 112 valence electrons. The average Bonchev–Trinajstić information content (AvgIpc) is 2.45. The van der Waals surface area contributed by atoms with Crippen LogP contribution in [0.25, 0.3) is 6.08 Å². The minimum atomic E-state index is -0.990. The van der Waals surface area contributed by atoms with Gasteiger partial charge in [-0.3, -0.25) is 4.79 Å². The van der Waals surface area contributed by atoms with Crippen molar-refractivity contribution in [3.8, 4) is 0 Å². The highest BCUT2D eigenvalue weighted by atomic mass is 16.4. The summed E-state index contributed by atoms with van der Waals surface area (Å²) in [5.74, 6) is -0.181. The number of carbonyl (C=O) groups excluding carboxylic acids is 1. The Bertz CT molecular complexity index is 584. The molecule has 1 aliphatic heterocycles. The lowest BCUT2D eigenvalue weighted by atomic mass is 10.1. The minimum absolute atomic E-state index is 0.0276. The molecular weight excluding hydrogens is 270 g/mol. The van der Waals surface area contributed by atoms with Crippen molar-refractivity contribution in [2.24, 2.45) is 0 Å². The third kappa shape index (κ3) is 3.39. The van der Waals surface area contributed by atoms with Crippen LogP contribution < -0.4 is 10.2 Å². The van der Waals surface area contributed by atoms with E-state index in [-0.39, 0.29) is 11.9 Å². The predicted molar refractivity (Wildman–Crippen MR) is 80.1 cm³/mol. The molecule has 1 unspecified atom stereocenters. The number of amides is 1. The standard InChI is InChI=1S/C15H19N3O3/c1-3-12-15(21)16-6-7-18(12)14-10(2)8-11(9-17-14)4-5-13(19)20/h4-5,8-9,12H,3,6-7H2,1-2H3,(H,16,21)(H,19,20)/b5-4+. The SMILES string of the molecule is CCC1C(=O)NCCN1c1ncc(/C=C/C(=O)O)cc1C. The van der Waals surface area contributed by atoms with E-state index in [4.69, 9.17) is 5.11 Å². The Hall–Kier alpha value is -2.37. The number of hydrogen-bond acceptors (Lipinski definition) is 4. The monoisotopic (exact) mass is 289 g/mol. The Balaban J connectivity index is 2.27. The molecule has 1 aromatic heterocycles. The maximum Gasteiger partial charge on any atom is 0.328 e. The fourth-order valence-corrected chi connectivity index (χ4v) is 2.52. The van der Waals surface area contributed by atoms with Gasteiger partial charge in [0.1, 0.15) is 11.9 Å². The zero-order valence-electron chi connectivity index (χ0n) is 12.2. The van der Waals surface area contributed by atoms with Crippen LogP contribution in [0, 0.1) is 6.92 Å². The van der Waals surface area contributed by atoms with Gasteiger partial charge in [0.05, 0.1) is 0 Å². The zero-order valence-corrected chi connectivity index (χ0v) is 12.2. The molecule has 2 N–H and O–H groups in total. The average molecular weight is 289 g/mol. The summed E-state index contributed by atoms with van der Waals surface area (Å²) in [6.07, 6.45) is 4.93. The van der Waals surface area contributed by atoms with Crippen LogP contribution in [-0.2, 0) is 9.59 Å². The van der Waals surface area contributed by atoms with E-state index in [2.05, 4.69) is 10.3 Å². The smallest absolute Gasteiger partial charge is 0.328 e. The number of aromatic nitrogens is 1. The number of carboxylic acids is 1. The maximum absolute atomic E-state index is 11.9. The fourth-order valence-electron chi connectivity index (χ4n) is 2.52. The number of aliphatic carboxylic acids is 1. The van der Waals surface area contributed by atoms with Crippen molar-refractivity contribution in [1.82, 2.24) is 10.3 Å². The van der Waals surface area contributed by atoms with Crippen LogP contribution in [0.4, 0.5) is 5.82 Å². The minimum Gasteiger partial charge on any atom is -0.478 e. The van der Waals surface area contributed by atoms with Gasteiger partial charge in [0.15, 0.2) is 0 Å². The number of aryl methyl sites for hydroxylation is 1. The second-order valence-electron chi connectivity index (χ2n) is 4.99. The van der Waals surface area contributed by atoms with Gasteiger partial charge in [-0.1, -0.05) is 6.92 Å². The van der Waals surface area contributed by atoms with Crippen molar-refractivity contribution >= 4 is 23.8 Å². The third-order valence-corrected chi connectivity index (χ3v) is 3.48. The first-order valence-corrected chi connectivity index (χ1v) is 6.95. The van der Waals surface area contributed by atoms with E-state index >= 15 is 0 Å². The first kappa shape index (κ1) is 15.0. The van der Waals surface area contributed by atoms with Gasteiger partial charge in [-0.25, -0.2) is 9.78 Å². The Morgan fingerprint density at radius 1 is 1.62 bits per heavy atom. The highest BCUT2D eigenvalue weighted by Crippen LogP contribution is 2.23. The summed E-state index contributed by atoms with van der Waals surface area (Å²) >= 11 is 0. The molecule has 21 heavy (non-hydrogen) atoms. The highest BCUT2D eigenvalue weighted by molar-refractivity contribution is 5.87. The summed E-state index contributed by atoms with van der Waals surface area (Å²) < 4.78 is 0. The van der Waals surface area contributed by atoms with Gasteiger partial charge in [-0.15, -0.1) is 0 Å². The number of piperazine rings is 1. The lowest BCUT2D eigenvalue weighted by Gasteiger charge is -2.36. The van der Waals surface area contributed by atoms with Gasteiger partial charge in [-0.05, 0) is 36.6 Å². The summed E-state index contributed by atoms with van der Waals surface area (Å²) in [7, 11) is 0. The lowest BCUT2D eigenvalue weighted by Crippen LogP contribution is -2.55. The molecule has 0 spiro atoms. The predicted octanol–water partition coefficient (Wildman–Crippen LogP) is 1.20. The van der Waals surface area contributed by atoms with Crippen molar-refractivity contribution in [2.45, 2.75) is 26.3 Å². The van der Waals surface area contributed by atoms with Crippen molar-refractivity contribution in [1.29, 1.82) is 0 Å². The van der Waals surface area contributed by atoms with Crippen molar-refractivity contribution in [3.63, 3.8) is 0 Å². The van der Waals surface area contributed by atoms with E-state index < -0.39 is 5.97 Å². The number of anilines is 1. The number of hydrogen-bond donors (Lipinski definition) is 2. The first-order valence-electron chi connectivity index (χ1n) is 6.95. The molecule has 0 aliphatic carbocycles. The van der Waals surface area contributed by atoms with Crippen LogP contribution in [0.5, 0.6) is 0 Å². The summed E-state index contributed by atoms with van der Waals surface area (Å²) in [6.45, 7) is 5.22. The molecule has 1 aliphatic rings. The molecule has 6 nitrogen and oxygen atoms in total. The van der Waals surface area contributed by atoms with Crippen molar-refractivity contribution < 1.29 is 14.7 Å². The van der Waals surface area contributed by atoms with E-state index in [9.17, 15) is 9.59 Å². The molecule has 2 heterocycles. The number of pyridine rings is 1. The summed E-state index contributed by atoms with van der Waals surface area (Å²) in [5.41, 5.74) is 1.66. The molecule has 1 aromatic rings. The maximum atomic E-state index is 11.9. The molecule has 0 aromatic carbocycles. The summed E-state index contributed by atoms with van der Waals surface area (Å²) in [6, 6.07) is 1.67. The van der Waals surface area contributed by atoms with E-state index in [1.807, 2.05) is 24.8 Å². The van der Waals surface area contributed by atoms with Crippen LogP contribution >= 0.6 is 0 Å². The quantitative estimate of drug-likeness (QED) is 0.814. The van der Waals surface area contributed by atoms with Gasteiger partial charge >= 0.3 is 5.97 Å². The van der Waals surface area contributed by atoms with Crippen LogP contribution in [-0.4, -0.2) is 41.1 Å². The van der Waals surface area contributed by atoms with Crippen molar-refractivity contribution in [2.75, 3.05) is 18.0 Å². The Morgan fingerprint density at radius 2 is 2.38 bits per heavy atom. The molecule has 0 radical (unpaired) electrons. The molecule has 0 bridgehead atoms. The molecule has 1 atom stereocenters. The molecular formula is C15H19N3O3. The number of nitrogens with zero attached hydrogens (tertiary/aromatic N) is 2. The number of carboxylic acid groups (broad SMARTS) is 1. The van der Waals surface area contributed by atoms with E-state index in [1.54, 1.807) is 6.20 Å². The van der Waals surface area contributed by atoms with Gasteiger partial charge in [0, 0.05) is 25.4 Å². The van der Waals surface area contributed by atoms with Gasteiger partial charge in [0.25, 0.3) is 0 Å². The van der Waals surface area contributed by atoms with Crippen LogP contribution in [0.2, 0.25) is 0 Å². The second kappa shape index (κ2) is 6.39. The molecule has 0 saturated carbocycles. The van der Waals surface area contributed by atoms with Crippen LogP contribution in [0.3, 0.4) is 0 Å². The van der Waals surface area contributed by atoms with Gasteiger partial charge in [-0.2, -0.15) is 0 Å². The van der Waals surface area contributed by atoms with E-state index in [1.165, 1.54) is 6.08 Å². The topological polar surface area (TPSA) is 82.5 Å². The zero-order chi connectivity index (χ0) is 15.4. The van der Waals surface area contributed by atoms with E-state index in [0.29, 0.717) is 13.0 Å². The molecule has 2 rings (SSSR count). The summed E-state index contributed by atoms with van der Waals surface area (Å²) in [5, 5.41) is 11.5. The molecule has 1 fully saturated rings. The molecule has 1 saturated heterocycles. The Morgan fingerprint density at radius 3 is 3.00 bits per heavy atom.